The highest BCUT2D eigenvalue weighted by atomic mass is 32.2. The summed E-state index contributed by atoms with van der Waals surface area (Å²) < 4.78 is 6.82. The minimum absolute atomic E-state index is 0.0957. The first-order valence-electron chi connectivity index (χ1n) is 9.42. The SMILES string of the molecule is CCOC(=O)Cc1csc(NC(=O)CSc2nnc(-c3csc(C)c3CC)n2C)n1. The summed E-state index contributed by atoms with van der Waals surface area (Å²) in [7, 11) is 1.91. The number of hydrogen-bond donors (Lipinski definition) is 1. The largest absolute Gasteiger partial charge is 0.466 e. The van der Waals surface area contributed by atoms with Gasteiger partial charge in [-0.3, -0.25) is 9.59 Å². The summed E-state index contributed by atoms with van der Waals surface area (Å²) in [5, 5.41) is 16.3. The fraction of sp³-hybridized carbons (Fsp3) is 0.421. The van der Waals surface area contributed by atoms with Crippen molar-refractivity contribution in [2.24, 2.45) is 7.05 Å². The first kappa shape index (κ1) is 22.4. The number of aromatic nitrogens is 4. The summed E-state index contributed by atoms with van der Waals surface area (Å²) in [4.78, 5) is 29.4. The third-order valence-corrected chi connectivity index (χ3v) is 7.07. The molecule has 0 aromatic carbocycles. The van der Waals surface area contributed by atoms with E-state index in [1.54, 1.807) is 23.6 Å². The number of esters is 1. The molecule has 8 nitrogen and oxygen atoms in total. The van der Waals surface area contributed by atoms with Crippen LogP contribution in [-0.2, 0) is 34.2 Å². The second kappa shape index (κ2) is 10.2. The minimum atomic E-state index is -0.332. The second-order valence-electron chi connectivity index (χ2n) is 6.37. The molecule has 0 aliphatic heterocycles. The van der Waals surface area contributed by atoms with E-state index in [0.717, 1.165) is 17.8 Å². The molecule has 0 aliphatic carbocycles. The second-order valence-corrected chi connectivity index (χ2v) is 9.25. The topological polar surface area (TPSA) is 99.0 Å². The van der Waals surface area contributed by atoms with Gasteiger partial charge in [0.05, 0.1) is 24.5 Å². The maximum atomic E-state index is 12.3. The van der Waals surface area contributed by atoms with E-state index in [2.05, 4.69) is 39.7 Å². The van der Waals surface area contributed by atoms with Crippen molar-refractivity contribution in [1.29, 1.82) is 0 Å². The number of amides is 1. The van der Waals surface area contributed by atoms with Crippen molar-refractivity contribution in [2.75, 3.05) is 17.7 Å². The Bertz CT molecular complexity index is 1040. The van der Waals surface area contributed by atoms with Gasteiger partial charge >= 0.3 is 5.97 Å². The number of carbonyl (C=O) groups excluding carboxylic acids is 2. The van der Waals surface area contributed by atoms with Gasteiger partial charge in [-0.1, -0.05) is 18.7 Å². The highest BCUT2D eigenvalue weighted by molar-refractivity contribution is 7.99. The number of thiazole rings is 1. The van der Waals surface area contributed by atoms with Gasteiger partial charge < -0.3 is 14.6 Å². The molecular weight excluding hydrogens is 442 g/mol. The average molecular weight is 466 g/mol. The van der Waals surface area contributed by atoms with E-state index in [9.17, 15) is 9.59 Å². The Morgan fingerprint density at radius 3 is 2.77 bits per heavy atom. The number of carbonyl (C=O) groups is 2. The van der Waals surface area contributed by atoms with Crippen LogP contribution in [0.15, 0.2) is 15.9 Å². The van der Waals surface area contributed by atoms with E-state index in [1.165, 1.54) is 33.5 Å². The molecule has 0 bridgehead atoms. The number of hydrogen-bond acceptors (Lipinski definition) is 9. The normalized spacial score (nSPS) is 10.9. The van der Waals surface area contributed by atoms with E-state index in [4.69, 9.17) is 4.74 Å². The van der Waals surface area contributed by atoms with Gasteiger partial charge in [0.2, 0.25) is 5.91 Å². The van der Waals surface area contributed by atoms with Crippen LogP contribution < -0.4 is 5.32 Å². The number of rotatable bonds is 9. The minimum Gasteiger partial charge on any atom is -0.466 e. The van der Waals surface area contributed by atoms with Crippen molar-refractivity contribution in [3.63, 3.8) is 0 Å². The van der Waals surface area contributed by atoms with Crippen LogP contribution in [0.5, 0.6) is 0 Å². The zero-order chi connectivity index (χ0) is 21.7. The molecule has 0 spiro atoms. The van der Waals surface area contributed by atoms with Gasteiger partial charge in [0.1, 0.15) is 0 Å². The fourth-order valence-corrected chi connectivity index (χ4v) is 5.25. The lowest BCUT2D eigenvalue weighted by molar-refractivity contribution is -0.142. The number of nitrogens with zero attached hydrogens (tertiary/aromatic N) is 4. The van der Waals surface area contributed by atoms with E-state index in [1.807, 2.05) is 11.6 Å². The Morgan fingerprint density at radius 1 is 1.23 bits per heavy atom. The molecule has 1 N–H and O–H groups in total. The van der Waals surface area contributed by atoms with Crippen molar-refractivity contribution in [3.8, 4) is 11.4 Å². The molecule has 3 aromatic heterocycles. The maximum Gasteiger partial charge on any atom is 0.311 e. The zero-order valence-corrected chi connectivity index (χ0v) is 19.7. The monoisotopic (exact) mass is 465 g/mol. The molecule has 0 aliphatic rings. The Morgan fingerprint density at radius 2 is 2.03 bits per heavy atom. The molecule has 0 radical (unpaired) electrons. The third-order valence-electron chi connectivity index (χ3n) is 4.29. The molecule has 0 atom stereocenters. The molecule has 160 valence electrons. The quantitative estimate of drug-likeness (QED) is 0.380. The Hall–Kier alpha value is -2.24. The highest BCUT2D eigenvalue weighted by Gasteiger charge is 2.18. The van der Waals surface area contributed by atoms with Crippen molar-refractivity contribution in [1.82, 2.24) is 19.7 Å². The lowest BCUT2D eigenvalue weighted by atomic mass is 10.1. The molecule has 30 heavy (non-hydrogen) atoms. The van der Waals surface area contributed by atoms with Crippen molar-refractivity contribution in [2.45, 2.75) is 38.8 Å². The zero-order valence-electron chi connectivity index (χ0n) is 17.2. The summed E-state index contributed by atoms with van der Waals surface area (Å²) >= 11 is 4.31. The van der Waals surface area contributed by atoms with Crippen LogP contribution in [0, 0.1) is 6.92 Å². The molecule has 0 fully saturated rings. The summed E-state index contributed by atoms with van der Waals surface area (Å²) in [6.07, 6.45) is 1.03. The fourth-order valence-electron chi connectivity index (χ4n) is 2.87. The van der Waals surface area contributed by atoms with E-state index in [0.29, 0.717) is 22.6 Å². The molecular formula is C19H23N5O3S3. The van der Waals surface area contributed by atoms with Crippen molar-refractivity contribution >= 4 is 51.4 Å². The number of aryl methyl sites for hydroxylation is 1. The van der Waals surface area contributed by atoms with Gasteiger partial charge in [0.15, 0.2) is 16.1 Å². The molecule has 3 heterocycles. The van der Waals surface area contributed by atoms with Gasteiger partial charge in [-0.2, -0.15) is 0 Å². The number of anilines is 1. The standard InChI is InChI=1S/C19H23N5O3S3/c1-5-13-11(3)28-9-14(13)17-22-23-19(24(17)4)30-10-15(25)21-18-20-12(8-29-18)7-16(26)27-6-2/h8-9H,5-7,10H2,1-4H3,(H,20,21,25). The Labute approximate surface area is 187 Å². The van der Waals surface area contributed by atoms with Crippen LogP contribution in [0.2, 0.25) is 0 Å². The van der Waals surface area contributed by atoms with Gasteiger partial charge in [0.25, 0.3) is 0 Å². The van der Waals surface area contributed by atoms with Gasteiger partial charge in [-0.05, 0) is 25.8 Å². The van der Waals surface area contributed by atoms with Crippen LogP contribution >= 0.6 is 34.4 Å². The third kappa shape index (κ3) is 5.27. The maximum absolute atomic E-state index is 12.3. The molecule has 1 amide bonds. The molecule has 3 aromatic rings. The van der Waals surface area contributed by atoms with E-state index < -0.39 is 0 Å². The molecule has 3 rings (SSSR count). The van der Waals surface area contributed by atoms with Crippen LogP contribution in [0.4, 0.5) is 5.13 Å². The smallest absolute Gasteiger partial charge is 0.311 e. The first-order valence-corrected chi connectivity index (χ1v) is 12.2. The molecule has 0 saturated heterocycles. The van der Waals surface area contributed by atoms with Crippen LogP contribution in [0.25, 0.3) is 11.4 Å². The van der Waals surface area contributed by atoms with E-state index >= 15 is 0 Å². The summed E-state index contributed by atoms with van der Waals surface area (Å²) in [5.41, 5.74) is 2.97. The van der Waals surface area contributed by atoms with Crippen LogP contribution in [-0.4, -0.2) is 44.0 Å². The molecule has 0 saturated carbocycles. The highest BCUT2D eigenvalue weighted by Crippen LogP contribution is 2.32. The Kier molecular flexibility index (Phi) is 7.62. The van der Waals surface area contributed by atoms with Crippen molar-refractivity contribution < 1.29 is 14.3 Å². The number of ether oxygens (including phenoxy) is 1. The van der Waals surface area contributed by atoms with Crippen LogP contribution in [0.3, 0.4) is 0 Å². The summed E-state index contributed by atoms with van der Waals surface area (Å²) in [6, 6.07) is 0. The predicted molar refractivity (Wildman–Crippen MR) is 120 cm³/mol. The predicted octanol–water partition coefficient (Wildman–Crippen LogP) is 3.71. The summed E-state index contributed by atoms with van der Waals surface area (Å²) in [5.74, 6) is 0.466. The molecule has 0 unspecified atom stereocenters. The molecule has 11 heteroatoms. The first-order chi connectivity index (χ1) is 14.4. The number of thiophene rings is 1. The van der Waals surface area contributed by atoms with Gasteiger partial charge in [0, 0.05) is 28.2 Å². The number of nitrogens with one attached hydrogen (secondary N) is 1. The van der Waals surface area contributed by atoms with Crippen LogP contribution in [0.1, 0.15) is 30.0 Å². The summed E-state index contributed by atoms with van der Waals surface area (Å²) in [6.45, 7) is 6.33. The number of thioether (sulfide) groups is 1. The van der Waals surface area contributed by atoms with E-state index in [-0.39, 0.29) is 24.1 Å². The van der Waals surface area contributed by atoms with Crippen molar-refractivity contribution in [3.05, 3.63) is 26.9 Å². The van der Waals surface area contributed by atoms with Gasteiger partial charge in [-0.15, -0.1) is 32.9 Å². The lowest BCUT2D eigenvalue weighted by Crippen LogP contribution is -2.14. The van der Waals surface area contributed by atoms with Gasteiger partial charge in [-0.25, -0.2) is 4.98 Å². The average Bonchev–Trinajstić information content (AvgIpc) is 3.39. The Balaban J connectivity index is 1.57. The lowest BCUT2D eigenvalue weighted by Gasteiger charge is -2.05.